The molecule has 2 aromatic carbocycles. The predicted octanol–water partition coefficient (Wildman–Crippen LogP) is 7.69. The highest BCUT2D eigenvalue weighted by molar-refractivity contribution is 6.03. The maximum atomic E-state index is 13.5. The number of ketones is 4. The molecule has 0 heterocycles. The van der Waals surface area contributed by atoms with Crippen LogP contribution in [0.1, 0.15) is 110 Å². The number of benzene rings is 2. The predicted molar refractivity (Wildman–Crippen MR) is 149 cm³/mol. The molecule has 0 spiro atoms. The van der Waals surface area contributed by atoms with Crippen LogP contribution in [0.3, 0.4) is 0 Å². The summed E-state index contributed by atoms with van der Waals surface area (Å²) in [5, 5.41) is 0. The molecule has 2 aromatic rings. The van der Waals surface area contributed by atoms with Gasteiger partial charge in [-0.25, -0.2) is 0 Å². The lowest BCUT2D eigenvalue weighted by Crippen LogP contribution is -2.30. The number of carbonyl (C=O) groups is 4. The SMILES string of the molecule is CCCC(CC1CC(=O)c2c(C)ccc(-c3cc(C)cc(C(=O)CC)c3)c2C1)C(CC)C(=O)CC(C)=O. The molecule has 4 heteroatoms. The second-order valence-corrected chi connectivity index (χ2v) is 11.0. The molecular weight excluding hydrogens is 460 g/mol. The lowest BCUT2D eigenvalue weighted by Gasteiger charge is -2.32. The summed E-state index contributed by atoms with van der Waals surface area (Å²) >= 11 is 0. The summed E-state index contributed by atoms with van der Waals surface area (Å²) in [6.07, 6.45) is 5.13. The van der Waals surface area contributed by atoms with Crippen molar-refractivity contribution >= 4 is 23.1 Å². The molecule has 3 atom stereocenters. The molecule has 198 valence electrons. The van der Waals surface area contributed by atoms with Crippen LogP contribution in [-0.2, 0) is 16.0 Å². The fourth-order valence-corrected chi connectivity index (χ4v) is 6.31. The van der Waals surface area contributed by atoms with Crippen LogP contribution in [0, 0.1) is 31.6 Å². The van der Waals surface area contributed by atoms with Gasteiger partial charge in [0.25, 0.3) is 0 Å². The summed E-state index contributed by atoms with van der Waals surface area (Å²) in [5.74, 6) is 0.418. The van der Waals surface area contributed by atoms with E-state index in [4.69, 9.17) is 0 Å². The third kappa shape index (κ3) is 6.71. The fourth-order valence-electron chi connectivity index (χ4n) is 6.31. The van der Waals surface area contributed by atoms with Crippen molar-refractivity contribution in [3.63, 3.8) is 0 Å². The van der Waals surface area contributed by atoms with Crippen LogP contribution >= 0.6 is 0 Å². The van der Waals surface area contributed by atoms with Crippen molar-refractivity contribution in [1.82, 2.24) is 0 Å². The Morgan fingerprint density at radius 1 is 1.00 bits per heavy atom. The van der Waals surface area contributed by atoms with E-state index in [1.165, 1.54) is 6.92 Å². The second kappa shape index (κ2) is 12.6. The number of aryl methyl sites for hydroxylation is 2. The lowest BCUT2D eigenvalue weighted by molar-refractivity contribution is -0.129. The molecule has 0 radical (unpaired) electrons. The third-order valence-electron chi connectivity index (χ3n) is 7.94. The first-order valence-corrected chi connectivity index (χ1v) is 13.9. The summed E-state index contributed by atoms with van der Waals surface area (Å²) in [6, 6.07) is 10.1. The van der Waals surface area contributed by atoms with E-state index < -0.39 is 0 Å². The lowest BCUT2D eigenvalue weighted by atomic mass is 9.71. The zero-order valence-corrected chi connectivity index (χ0v) is 23.4. The van der Waals surface area contributed by atoms with E-state index in [1.54, 1.807) is 0 Å². The van der Waals surface area contributed by atoms with Crippen molar-refractivity contribution in [2.24, 2.45) is 17.8 Å². The van der Waals surface area contributed by atoms with Gasteiger partial charge in [-0.1, -0.05) is 51.8 Å². The molecule has 37 heavy (non-hydrogen) atoms. The molecule has 0 amide bonds. The van der Waals surface area contributed by atoms with Gasteiger partial charge in [-0.3, -0.25) is 19.2 Å². The summed E-state index contributed by atoms with van der Waals surface area (Å²) in [7, 11) is 0. The van der Waals surface area contributed by atoms with Gasteiger partial charge < -0.3 is 0 Å². The van der Waals surface area contributed by atoms with E-state index in [-0.39, 0.29) is 47.3 Å². The number of hydrogen-bond donors (Lipinski definition) is 0. The van der Waals surface area contributed by atoms with Gasteiger partial charge in [0.15, 0.2) is 11.6 Å². The molecule has 0 aliphatic heterocycles. The van der Waals surface area contributed by atoms with Crippen LogP contribution in [0.2, 0.25) is 0 Å². The van der Waals surface area contributed by atoms with Crippen LogP contribution in [0.25, 0.3) is 11.1 Å². The van der Waals surface area contributed by atoms with E-state index in [0.717, 1.165) is 65.5 Å². The number of rotatable bonds is 12. The van der Waals surface area contributed by atoms with E-state index in [0.29, 0.717) is 18.4 Å². The van der Waals surface area contributed by atoms with Gasteiger partial charge in [-0.15, -0.1) is 0 Å². The second-order valence-electron chi connectivity index (χ2n) is 11.0. The Bertz CT molecular complexity index is 1190. The third-order valence-corrected chi connectivity index (χ3v) is 7.94. The topological polar surface area (TPSA) is 68.3 Å². The molecular formula is C33H42O4. The van der Waals surface area contributed by atoms with Crippen molar-refractivity contribution in [3.05, 3.63) is 58.1 Å². The van der Waals surface area contributed by atoms with Crippen LogP contribution in [0.15, 0.2) is 30.3 Å². The van der Waals surface area contributed by atoms with Gasteiger partial charge in [0.2, 0.25) is 0 Å². The molecule has 0 aromatic heterocycles. The van der Waals surface area contributed by atoms with Gasteiger partial charge in [0.1, 0.15) is 11.6 Å². The molecule has 0 saturated carbocycles. The normalized spacial score (nSPS) is 16.7. The minimum Gasteiger partial charge on any atom is -0.300 e. The van der Waals surface area contributed by atoms with E-state index >= 15 is 0 Å². The molecule has 1 aliphatic carbocycles. The average Bonchev–Trinajstić information content (AvgIpc) is 2.83. The maximum absolute atomic E-state index is 13.5. The highest BCUT2D eigenvalue weighted by Gasteiger charge is 2.34. The number of carbonyl (C=O) groups excluding carboxylic acids is 4. The smallest absolute Gasteiger partial charge is 0.163 e. The standard InChI is InChI=1S/C33H42O4/c1-7-10-24(27(8-2)31(36)15-22(6)34)16-23-17-29-28(12-11-21(5)33(29)32(37)18-23)25-13-20(4)14-26(19-25)30(35)9-3/h11-14,19,23-24,27H,7-10,15-18H2,1-6H3. The van der Waals surface area contributed by atoms with Crippen molar-refractivity contribution in [1.29, 1.82) is 0 Å². The molecule has 4 nitrogen and oxygen atoms in total. The Morgan fingerprint density at radius 3 is 2.35 bits per heavy atom. The summed E-state index contributed by atoms with van der Waals surface area (Å²) in [5.41, 5.74) is 6.63. The zero-order chi connectivity index (χ0) is 27.3. The Kier molecular flexibility index (Phi) is 9.75. The highest BCUT2D eigenvalue weighted by Crippen LogP contribution is 2.40. The first-order chi connectivity index (χ1) is 17.6. The molecule has 3 rings (SSSR count). The minimum atomic E-state index is -0.142. The fraction of sp³-hybridized carbons (Fsp3) is 0.515. The van der Waals surface area contributed by atoms with Gasteiger partial charge in [-0.05, 0) is 91.8 Å². The largest absolute Gasteiger partial charge is 0.300 e. The molecule has 3 unspecified atom stereocenters. The molecule has 0 N–H and O–H groups in total. The zero-order valence-electron chi connectivity index (χ0n) is 23.4. The first-order valence-electron chi connectivity index (χ1n) is 13.9. The molecule has 0 bridgehead atoms. The monoisotopic (exact) mass is 502 g/mol. The first kappa shape index (κ1) is 28.7. The Morgan fingerprint density at radius 2 is 1.73 bits per heavy atom. The summed E-state index contributed by atoms with van der Waals surface area (Å²) < 4.78 is 0. The van der Waals surface area contributed by atoms with Gasteiger partial charge in [0, 0.05) is 29.9 Å². The number of Topliss-reactive ketones (excluding diaryl/α,β-unsaturated/α-hetero) is 4. The van der Waals surface area contributed by atoms with E-state index in [2.05, 4.69) is 19.1 Å². The van der Waals surface area contributed by atoms with Crippen molar-refractivity contribution in [2.45, 2.75) is 92.9 Å². The maximum Gasteiger partial charge on any atom is 0.163 e. The molecule has 0 saturated heterocycles. The van der Waals surface area contributed by atoms with Crippen molar-refractivity contribution in [2.75, 3.05) is 0 Å². The van der Waals surface area contributed by atoms with Crippen molar-refractivity contribution < 1.29 is 19.2 Å². The quantitative estimate of drug-likeness (QED) is 0.220. The van der Waals surface area contributed by atoms with Crippen LogP contribution in [0.5, 0.6) is 0 Å². The van der Waals surface area contributed by atoms with E-state index in [1.807, 2.05) is 45.9 Å². The van der Waals surface area contributed by atoms with Crippen molar-refractivity contribution in [3.8, 4) is 11.1 Å². The average molecular weight is 503 g/mol. The van der Waals surface area contributed by atoms with Gasteiger partial charge >= 0.3 is 0 Å². The Labute approximate surface area is 222 Å². The highest BCUT2D eigenvalue weighted by atomic mass is 16.1. The molecule has 1 aliphatic rings. The summed E-state index contributed by atoms with van der Waals surface area (Å²) in [4.78, 5) is 50.5. The summed E-state index contributed by atoms with van der Waals surface area (Å²) in [6.45, 7) is 11.5. The Hall–Kier alpha value is -2.88. The van der Waals surface area contributed by atoms with Crippen LogP contribution in [-0.4, -0.2) is 23.1 Å². The van der Waals surface area contributed by atoms with Crippen LogP contribution < -0.4 is 0 Å². The van der Waals surface area contributed by atoms with E-state index in [9.17, 15) is 19.2 Å². The Balaban J connectivity index is 1.99. The minimum absolute atomic E-state index is 0.000661. The number of hydrogen-bond acceptors (Lipinski definition) is 4. The molecule has 0 fully saturated rings. The van der Waals surface area contributed by atoms with Gasteiger partial charge in [-0.2, -0.15) is 0 Å². The van der Waals surface area contributed by atoms with Crippen LogP contribution in [0.4, 0.5) is 0 Å². The number of fused-ring (bicyclic) bond motifs is 1. The van der Waals surface area contributed by atoms with Gasteiger partial charge in [0.05, 0.1) is 6.42 Å².